The van der Waals surface area contributed by atoms with Gasteiger partial charge in [-0.2, -0.15) is 0 Å². The predicted octanol–water partition coefficient (Wildman–Crippen LogP) is 0.0814. The van der Waals surface area contributed by atoms with E-state index in [9.17, 15) is 39.9 Å². The number of aliphatic hydroxyl groups is 4. The standard InChI is InChI=1S/C28H37N3O8/c1-14(33)19-24(36)22(30(3)4)17-11-27(13-31(5)8-9-32)10-16-15(12-29-2)6-7-18(34)20(16)23(35)21(27)26(38)28(17,39)25(19)37/h6-7,17,22,29,32,34-35,37,39H,8-13H2,1-5H3/t17-,22-,27-,28+/m0/s1. The van der Waals surface area contributed by atoms with Gasteiger partial charge in [-0.3, -0.25) is 19.3 Å². The number of phenols is 1. The topological polar surface area (TPSA) is 171 Å². The first-order chi connectivity index (χ1) is 18.3. The van der Waals surface area contributed by atoms with E-state index in [1.54, 1.807) is 39.2 Å². The van der Waals surface area contributed by atoms with Crippen molar-refractivity contribution in [2.24, 2.45) is 11.3 Å². The van der Waals surface area contributed by atoms with Crippen LogP contribution in [0.5, 0.6) is 5.75 Å². The lowest BCUT2D eigenvalue weighted by Crippen LogP contribution is -2.68. The number of phenolic OH excluding ortho intramolecular Hbond substituents is 1. The van der Waals surface area contributed by atoms with Crippen molar-refractivity contribution in [2.75, 3.05) is 47.9 Å². The van der Waals surface area contributed by atoms with E-state index < -0.39 is 57.4 Å². The van der Waals surface area contributed by atoms with E-state index in [0.29, 0.717) is 12.1 Å². The van der Waals surface area contributed by atoms with Gasteiger partial charge in [0.2, 0.25) is 5.78 Å². The Hall–Kier alpha value is -3.09. The summed E-state index contributed by atoms with van der Waals surface area (Å²) in [7, 11) is 6.70. The third kappa shape index (κ3) is 4.20. The van der Waals surface area contributed by atoms with E-state index in [1.165, 1.54) is 11.0 Å². The Balaban J connectivity index is 2.07. The number of carbonyl (C=O) groups is 3. The van der Waals surface area contributed by atoms with Gasteiger partial charge in [-0.15, -0.1) is 0 Å². The van der Waals surface area contributed by atoms with E-state index in [2.05, 4.69) is 5.32 Å². The van der Waals surface area contributed by atoms with Gasteiger partial charge in [0, 0.05) is 36.5 Å². The number of fused-ring (bicyclic) bond motifs is 3. The fourth-order valence-corrected chi connectivity index (χ4v) is 6.92. The molecule has 3 aliphatic carbocycles. The Morgan fingerprint density at radius 1 is 1.15 bits per heavy atom. The van der Waals surface area contributed by atoms with Crippen LogP contribution in [0.25, 0.3) is 5.76 Å². The molecule has 0 amide bonds. The summed E-state index contributed by atoms with van der Waals surface area (Å²) in [5, 5.41) is 58.3. The third-order valence-electron chi connectivity index (χ3n) is 8.45. The molecule has 6 N–H and O–H groups in total. The Morgan fingerprint density at radius 3 is 2.38 bits per heavy atom. The summed E-state index contributed by atoms with van der Waals surface area (Å²) in [6.07, 6.45) is 0.169. The molecule has 1 fully saturated rings. The van der Waals surface area contributed by atoms with E-state index in [1.807, 2.05) is 0 Å². The number of hydrogen-bond donors (Lipinski definition) is 6. The molecule has 0 unspecified atom stereocenters. The van der Waals surface area contributed by atoms with Crippen LogP contribution in [0, 0.1) is 11.3 Å². The summed E-state index contributed by atoms with van der Waals surface area (Å²) in [5.74, 6) is -5.42. The van der Waals surface area contributed by atoms with Crippen molar-refractivity contribution < 1.29 is 39.9 Å². The average Bonchev–Trinajstić information content (AvgIpc) is 2.83. The number of rotatable bonds is 8. The maximum Gasteiger partial charge on any atom is 0.202 e. The van der Waals surface area contributed by atoms with Crippen LogP contribution in [-0.2, 0) is 27.3 Å². The summed E-state index contributed by atoms with van der Waals surface area (Å²) < 4.78 is 0. The van der Waals surface area contributed by atoms with Gasteiger partial charge in [0.1, 0.15) is 22.8 Å². The van der Waals surface area contributed by atoms with Crippen LogP contribution in [0.3, 0.4) is 0 Å². The highest BCUT2D eigenvalue weighted by molar-refractivity contribution is 6.25. The van der Waals surface area contributed by atoms with E-state index in [4.69, 9.17) is 0 Å². The number of hydrogen-bond acceptors (Lipinski definition) is 11. The molecular weight excluding hydrogens is 506 g/mol. The smallest absolute Gasteiger partial charge is 0.202 e. The van der Waals surface area contributed by atoms with Crippen molar-refractivity contribution >= 4 is 23.1 Å². The molecule has 0 saturated heterocycles. The molecule has 0 aliphatic heterocycles. The number of ketones is 3. The van der Waals surface area contributed by atoms with Crippen molar-refractivity contribution in [3.63, 3.8) is 0 Å². The first-order valence-electron chi connectivity index (χ1n) is 12.9. The maximum absolute atomic E-state index is 14.4. The van der Waals surface area contributed by atoms with Crippen LogP contribution in [0.15, 0.2) is 29.0 Å². The second kappa shape index (κ2) is 10.1. The Bertz CT molecular complexity index is 1300. The molecule has 0 radical (unpaired) electrons. The quantitative estimate of drug-likeness (QED) is 0.245. The van der Waals surface area contributed by atoms with Crippen molar-refractivity contribution in [1.29, 1.82) is 0 Å². The summed E-state index contributed by atoms with van der Waals surface area (Å²) in [5.41, 5.74) is -3.15. The summed E-state index contributed by atoms with van der Waals surface area (Å²) in [4.78, 5) is 43.7. The number of nitrogens with zero attached hydrogens (tertiary/aromatic N) is 2. The van der Waals surface area contributed by atoms with Crippen LogP contribution in [-0.4, -0.2) is 112 Å². The van der Waals surface area contributed by atoms with E-state index >= 15 is 0 Å². The molecule has 212 valence electrons. The van der Waals surface area contributed by atoms with Gasteiger partial charge in [-0.05, 0) is 65.1 Å². The number of aromatic hydroxyl groups is 1. The molecule has 4 atom stereocenters. The molecule has 0 heterocycles. The molecule has 1 aromatic rings. The largest absolute Gasteiger partial charge is 0.508 e. The van der Waals surface area contributed by atoms with Crippen molar-refractivity contribution in [1.82, 2.24) is 15.1 Å². The molecule has 0 spiro atoms. The van der Waals surface area contributed by atoms with Crippen LogP contribution < -0.4 is 5.32 Å². The van der Waals surface area contributed by atoms with Crippen LogP contribution in [0.1, 0.15) is 30.0 Å². The highest BCUT2D eigenvalue weighted by Gasteiger charge is 2.67. The minimum Gasteiger partial charge on any atom is -0.508 e. The van der Waals surface area contributed by atoms with Gasteiger partial charge >= 0.3 is 0 Å². The lowest BCUT2D eigenvalue weighted by molar-refractivity contribution is -0.157. The van der Waals surface area contributed by atoms with Gasteiger partial charge in [0.25, 0.3) is 0 Å². The minimum atomic E-state index is -2.65. The van der Waals surface area contributed by atoms with E-state index in [-0.39, 0.29) is 49.4 Å². The fraction of sp³-hybridized carbons (Fsp3) is 0.536. The molecular formula is C28H37N3O8. The number of benzene rings is 1. The van der Waals surface area contributed by atoms with Gasteiger partial charge in [0.15, 0.2) is 17.2 Å². The van der Waals surface area contributed by atoms with Gasteiger partial charge in [-0.25, -0.2) is 0 Å². The highest BCUT2D eigenvalue weighted by Crippen LogP contribution is 2.58. The number of carbonyl (C=O) groups excluding carboxylic acids is 3. The second-order valence-corrected chi connectivity index (χ2v) is 11.2. The SMILES string of the molecule is CNCc1ccc(O)c2c1C[C@@]1(CN(C)CCO)C[C@H]3[C@H](N(C)C)C(=O)C(C(C)=O)=C(O)[C@@]3(O)C(=O)C1=C2O. The molecule has 0 bridgehead atoms. The summed E-state index contributed by atoms with van der Waals surface area (Å²) in [6, 6.07) is 2.04. The first-order valence-corrected chi connectivity index (χ1v) is 12.9. The third-order valence-corrected chi connectivity index (χ3v) is 8.45. The molecule has 11 nitrogen and oxygen atoms in total. The highest BCUT2D eigenvalue weighted by atomic mass is 16.3. The maximum atomic E-state index is 14.4. The van der Waals surface area contributed by atoms with Crippen molar-refractivity contribution in [2.45, 2.75) is 38.0 Å². The number of likely N-dealkylation sites (N-methyl/N-ethyl adjacent to an activating group) is 2. The predicted molar refractivity (Wildman–Crippen MR) is 142 cm³/mol. The first kappa shape index (κ1) is 28.9. The Kier molecular flexibility index (Phi) is 7.52. The van der Waals surface area contributed by atoms with Crippen molar-refractivity contribution in [3.05, 3.63) is 45.7 Å². The lowest BCUT2D eigenvalue weighted by atomic mass is 9.51. The normalized spacial score (nSPS) is 28.6. The van der Waals surface area contributed by atoms with Gasteiger partial charge in [-0.1, -0.05) is 6.07 Å². The second-order valence-electron chi connectivity index (χ2n) is 11.2. The summed E-state index contributed by atoms with van der Waals surface area (Å²) in [6.45, 7) is 1.75. The number of aliphatic hydroxyl groups excluding tert-OH is 3. The minimum absolute atomic E-state index is 0.0116. The summed E-state index contributed by atoms with van der Waals surface area (Å²) >= 11 is 0. The molecule has 11 heteroatoms. The van der Waals surface area contributed by atoms with Crippen molar-refractivity contribution in [3.8, 4) is 5.75 Å². The van der Waals surface area contributed by atoms with Crippen LogP contribution >= 0.6 is 0 Å². The fourth-order valence-electron chi connectivity index (χ4n) is 6.92. The monoisotopic (exact) mass is 543 g/mol. The molecule has 1 aromatic carbocycles. The zero-order valence-electron chi connectivity index (χ0n) is 22.9. The molecule has 4 rings (SSSR count). The van der Waals surface area contributed by atoms with Gasteiger partial charge < -0.3 is 35.7 Å². The Labute approximate surface area is 227 Å². The number of nitrogens with one attached hydrogen (secondary N) is 1. The van der Waals surface area contributed by atoms with Gasteiger partial charge in [0.05, 0.1) is 18.2 Å². The zero-order valence-corrected chi connectivity index (χ0v) is 22.9. The number of Topliss-reactive ketones (excluding diaryl/α,β-unsaturated/α-hetero) is 3. The Morgan fingerprint density at radius 2 is 1.82 bits per heavy atom. The van der Waals surface area contributed by atoms with E-state index in [0.717, 1.165) is 12.5 Å². The molecule has 0 aromatic heterocycles. The lowest BCUT2D eigenvalue weighted by Gasteiger charge is -2.55. The molecule has 1 saturated carbocycles. The average molecular weight is 544 g/mol. The van der Waals surface area contributed by atoms with Crippen LogP contribution in [0.2, 0.25) is 0 Å². The zero-order chi connectivity index (χ0) is 29.0. The van der Waals surface area contributed by atoms with Crippen LogP contribution in [0.4, 0.5) is 0 Å². The molecule has 39 heavy (non-hydrogen) atoms. The molecule has 3 aliphatic rings.